The Morgan fingerprint density at radius 1 is 0.912 bits per heavy atom. The maximum Gasteiger partial charge on any atom is 0.336 e. The maximum atomic E-state index is 12.2. The minimum atomic E-state index is -3.85. The van der Waals surface area contributed by atoms with Gasteiger partial charge >= 0.3 is 5.97 Å². The van der Waals surface area contributed by atoms with Crippen molar-refractivity contribution in [1.29, 1.82) is 0 Å². The Morgan fingerprint density at radius 2 is 1.59 bits per heavy atom. The third-order valence-corrected chi connectivity index (χ3v) is 5.93. The molecule has 8 nitrogen and oxygen atoms in total. The van der Waals surface area contributed by atoms with Crippen LogP contribution in [0.1, 0.15) is 11.1 Å². The average molecular weight is 498 g/mol. The van der Waals surface area contributed by atoms with Crippen LogP contribution in [0.25, 0.3) is 6.08 Å². The molecule has 174 valence electrons. The van der Waals surface area contributed by atoms with Gasteiger partial charge in [0.2, 0.25) is 10.0 Å². The zero-order valence-corrected chi connectivity index (χ0v) is 19.3. The second-order valence-corrected chi connectivity index (χ2v) is 9.01. The summed E-state index contributed by atoms with van der Waals surface area (Å²) < 4.78 is 31.7. The van der Waals surface area contributed by atoms with Gasteiger partial charge in [0, 0.05) is 11.1 Å². The van der Waals surface area contributed by atoms with Crippen molar-refractivity contribution in [1.82, 2.24) is 10.1 Å². The van der Waals surface area contributed by atoms with Gasteiger partial charge in [-0.05, 0) is 65.7 Å². The molecule has 0 aromatic heterocycles. The predicted octanol–water partition coefficient (Wildman–Crippen LogP) is 3.39. The van der Waals surface area contributed by atoms with Crippen LogP contribution in [0.4, 0.5) is 0 Å². The average Bonchev–Trinajstić information content (AvgIpc) is 2.84. The lowest BCUT2D eigenvalue weighted by molar-refractivity contribution is -0.129. The number of carbonyl (C=O) groups is 2. The van der Waals surface area contributed by atoms with Gasteiger partial charge in [-0.2, -0.15) is 5.10 Å². The number of nitrogens with one attached hydrogen (secondary N) is 2. The molecular weight excluding hydrogens is 478 g/mol. The molecule has 3 rings (SSSR count). The van der Waals surface area contributed by atoms with Crippen LogP contribution in [0.3, 0.4) is 0 Å². The molecule has 0 bridgehead atoms. The van der Waals surface area contributed by atoms with Gasteiger partial charge in [-0.1, -0.05) is 41.9 Å². The molecule has 0 aliphatic carbocycles. The van der Waals surface area contributed by atoms with Crippen LogP contribution in [-0.2, 0) is 19.6 Å². The fraction of sp³-hybridized carbons (Fsp3) is 0.0417. The number of nitrogens with zero attached hydrogens (tertiary/aromatic N) is 1. The number of hydrogen-bond donors (Lipinski definition) is 2. The van der Waals surface area contributed by atoms with Crippen LogP contribution < -0.4 is 14.9 Å². The van der Waals surface area contributed by atoms with E-state index in [2.05, 4.69) is 15.2 Å². The fourth-order valence-electron chi connectivity index (χ4n) is 2.58. The summed E-state index contributed by atoms with van der Waals surface area (Å²) in [6, 6.07) is 21.3. The molecule has 0 atom stereocenters. The van der Waals surface area contributed by atoms with Gasteiger partial charge in [0.05, 0.1) is 17.7 Å². The summed E-state index contributed by atoms with van der Waals surface area (Å²) in [6.07, 6.45) is 4.36. The summed E-state index contributed by atoms with van der Waals surface area (Å²) in [4.78, 5) is 23.8. The lowest BCUT2D eigenvalue weighted by Crippen LogP contribution is -2.34. The van der Waals surface area contributed by atoms with Gasteiger partial charge in [-0.25, -0.2) is 23.4 Å². The van der Waals surface area contributed by atoms with E-state index < -0.39 is 28.4 Å². The molecular formula is C24H20ClN3O5S. The summed E-state index contributed by atoms with van der Waals surface area (Å²) in [7, 11) is -3.85. The Bertz CT molecular complexity index is 1290. The van der Waals surface area contributed by atoms with Crippen molar-refractivity contribution in [2.24, 2.45) is 5.10 Å². The quantitative estimate of drug-likeness (QED) is 0.155. The van der Waals surface area contributed by atoms with E-state index in [1.807, 2.05) is 30.3 Å². The Kier molecular flexibility index (Phi) is 8.69. The molecule has 0 radical (unpaired) electrons. The molecule has 0 saturated carbocycles. The minimum absolute atomic E-state index is 0.00968. The van der Waals surface area contributed by atoms with E-state index in [4.69, 9.17) is 16.3 Å². The van der Waals surface area contributed by atoms with Crippen molar-refractivity contribution >= 4 is 45.8 Å². The highest BCUT2D eigenvalue weighted by Gasteiger charge is 2.15. The number of esters is 1. The van der Waals surface area contributed by atoms with E-state index in [9.17, 15) is 18.0 Å². The van der Waals surface area contributed by atoms with E-state index >= 15 is 0 Å². The summed E-state index contributed by atoms with van der Waals surface area (Å²) in [5.74, 6) is -0.816. The van der Waals surface area contributed by atoms with Gasteiger partial charge in [0.15, 0.2) is 0 Å². The van der Waals surface area contributed by atoms with E-state index in [1.54, 1.807) is 30.3 Å². The summed E-state index contributed by atoms with van der Waals surface area (Å²) in [6.45, 7) is -0.492. The number of hydrazone groups is 1. The van der Waals surface area contributed by atoms with Crippen LogP contribution in [0.5, 0.6) is 5.75 Å². The monoisotopic (exact) mass is 497 g/mol. The maximum absolute atomic E-state index is 12.2. The van der Waals surface area contributed by atoms with E-state index in [0.29, 0.717) is 16.3 Å². The number of sulfonamides is 1. The fourth-order valence-corrected chi connectivity index (χ4v) is 3.68. The first-order chi connectivity index (χ1) is 16.3. The van der Waals surface area contributed by atoms with Crippen LogP contribution in [0.15, 0.2) is 94.9 Å². The Balaban J connectivity index is 1.44. The van der Waals surface area contributed by atoms with Gasteiger partial charge < -0.3 is 4.74 Å². The second-order valence-electron chi connectivity index (χ2n) is 6.81. The first-order valence-corrected chi connectivity index (χ1v) is 11.8. The van der Waals surface area contributed by atoms with E-state index in [-0.39, 0.29) is 4.90 Å². The van der Waals surface area contributed by atoms with Crippen molar-refractivity contribution in [3.8, 4) is 5.75 Å². The van der Waals surface area contributed by atoms with Crippen molar-refractivity contribution in [3.63, 3.8) is 0 Å². The summed E-state index contributed by atoms with van der Waals surface area (Å²) in [5, 5.41) is 4.18. The molecule has 0 aliphatic heterocycles. The topological polar surface area (TPSA) is 114 Å². The molecule has 0 fully saturated rings. The van der Waals surface area contributed by atoms with Gasteiger partial charge in [-0.3, -0.25) is 4.79 Å². The third kappa shape index (κ3) is 7.96. The number of halogens is 1. The number of amides is 1. The number of rotatable bonds is 9. The molecule has 0 saturated heterocycles. The lowest BCUT2D eigenvalue weighted by atomic mass is 10.2. The lowest BCUT2D eigenvalue weighted by Gasteiger charge is -2.06. The predicted molar refractivity (Wildman–Crippen MR) is 130 cm³/mol. The highest BCUT2D eigenvalue weighted by atomic mass is 35.5. The van der Waals surface area contributed by atoms with E-state index in [0.717, 1.165) is 5.56 Å². The number of ether oxygens (including phenoxy) is 1. The number of benzene rings is 3. The highest BCUT2D eigenvalue weighted by Crippen LogP contribution is 2.14. The van der Waals surface area contributed by atoms with Crippen molar-refractivity contribution in [3.05, 3.63) is 101 Å². The smallest absolute Gasteiger partial charge is 0.336 e. The Morgan fingerprint density at radius 3 is 2.26 bits per heavy atom. The summed E-state index contributed by atoms with van der Waals surface area (Å²) >= 11 is 5.74. The molecule has 0 aliphatic rings. The van der Waals surface area contributed by atoms with Crippen LogP contribution in [0.2, 0.25) is 5.02 Å². The molecule has 10 heteroatoms. The zero-order chi connectivity index (χ0) is 24.4. The standard InChI is InChI=1S/C24H20ClN3O5S/c25-20-9-13-22(14-10-20)34(31,32)27-17-23(29)28-26-16-19-6-11-21(12-7-19)33-24(30)15-8-18-4-2-1-3-5-18/h1-16,27H,17H2,(H,28,29)/b15-8+,26-16-. The largest absolute Gasteiger partial charge is 0.423 e. The Labute approximate surface area is 202 Å². The molecule has 0 unspecified atom stereocenters. The van der Waals surface area contributed by atoms with Crippen molar-refractivity contribution < 1.29 is 22.7 Å². The number of hydrogen-bond acceptors (Lipinski definition) is 6. The molecule has 3 aromatic rings. The summed E-state index contributed by atoms with van der Waals surface area (Å²) in [5.41, 5.74) is 3.74. The molecule has 0 heterocycles. The first-order valence-electron chi connectivity index (χ1n) is 9.94. The molecule has 2 N–H and O–H groups in total. The molecule has 3 aromatic carbocycles. The van der Waals surface area contributed by atoms with Gasteiger partial charge in [0.25, 0.3) is 5.91 Å². The highest BCUT2D eigenvalue weighted by molar-refractivity contribution is 7.89. The minimum Gasteiger partial charge on any atom is -0.423 e. The van der Waals surface area contributed by atoms with Gasteiger partial charge in [-0.15, -0.1) is 0 Å². The van der Waals surface area contributed by atoms with Crippen LogP contribution in [0, 0.1) is 0 Å². The first kappa shape index (κ1) is 24.8. The van der Waals surface area contributed by atoms with Crippen molar-refractivity contribution in [2.45, 2.75) is 4.90 Å². The zero-order valence-electron chi connectivity index (χ0n) is 17.7. The second kappa shape index (κ2) is 11.9. The SMILES string of the molecule is O=C(CNS(=O)(=O)c1ccc(Cl)cc1)N/N=C\c1ccc(OC(=O)/C=C/c2ccccc2)cc1. The van der Waals surface area contributed by atoms with Crippen LogP contribution >= 0.6 is 11.6 Å². The molecule has 1 amide bonds. The molecule has 34 heavy (non-hydrogen) atoms. The van der Waals surface area contributed by atoms with E-state index in [1.165, 1.54) is 36.6 Å². The Hall–Kier alpha value is -3.79. The van der Waals surface area contributed by atoms with Crippen LogP contribution in [-0.4, -0.2) is 33.1 Å². The van der Waals surface area contributed by atoms with Crippen molar-refractivity contribution in [2.75, 3.05) is 6.54 Å². The van der Waals surface area contributed by atoms with Gasteiger partial charge in [0.1, 0.15) is 5.75 Å². The normalized spacial score (nSPS) is 11.6. The number of carbonyl (C=O) groups excluding carboxylic acids is 2. The molecule has 0 spiro atoms. The third-order valence-electron chi connectivity index (χ3n) is 4.26.